The molecule has 9 nitrogen and oxygen atoms in total. The summed E-state index contributed by atoms with van der Waals surface area (Å²) in [4.78, 5) is 16.8. The van der Waals surface area contributed by atoms with E-state index in [-0.39, 0.29) is 5.56 Å². The van der Waals surface area contributed by atoms with Crippen LogP contribution in [0, 0.1) is 18.4 Å². The van der Waals surface area contributed by atoms with Gasteiger partial charge in [0.25, 0.3) is 0 Å². The third-order valence-electron chi connectivity index (χ3n) is 6.09. The number of ether oxygens (including phenoxy) is 1. The number of alkyl halides is 3. The largest absolute Gasteiger partial charge is 0.481 e. The van der Waals surface area contributed by atoms with E-state index in [0.717, 1.165) is 6.07 Å². The molecule has 1 aromatic carbocycles. The Hall–Kier alpha value is -4.92. The second-order valence-electron chi connectivity index (χ2n) is 8.24. The van der Waals surface area contributed by atoms with Crippen LogP contribution in [0.2, 0.25) is 0 Å². The highest BCUT2D eigenvalue weighted by Crippen LogP contribution is 2.36. The molecule has 4 aromatic heterocycles. The Balaban J connectivity index is 1.87. The second kappa shape index (κ2) is 8.63. The molecular formula is C25H19F3N8O. The lowest BCUT2D eigenvalue weighted by Crippen LogP contribution is -2.23. The summed E-state index contributed by atoms with van der Waals surface area (Å²) in [6, 6.07) is 9.58. The van der Waals surface area contributed by atoms with Crippen molar-refractivity contribution >= 4 is 27.8 Å². The lowest BCUT2D eigenvalue weighted by Gasteiger charge is -2.13. The molecule has 4 heterocycles. The fourth-order valence-corrected chi connectivity index (χ4v) is 4.32. The van der Waals surface area contributed by atoms with Crippen molar-refractivity contribution in [3.05, 3.63) is 65.7 Å². The third kappa shape index (κ3) is 3.90. The molecule has 0 unspecified atom stereocenters. The van der Waals surface area contributed by atoms with E-state index in [2.05, 4.69) is 19.9 Å². The smallest absolute Gasteiger partial charge is 0.419 e. The van der Waals surface area contributed by atoms with Crippen molar-refractivity contribution in [3.63, 3.8) is 0 Å². The van der Waals surface area contributed by atoms with Crippen molar-refractivity contribution in [1.29, 1.82) is 5.26 Å². The maximum Gasteiger partial charge on any atom is 0.419 e. The number of nitrogen functional groups attached to an aromatic ring is 1. The van der Waals surface area contributed by atoms with Gasteiger partial charge in [0.2, 0.25) is 17.7 Å². The quantitative estimate of drug-likeness (QED) is 0.367. The summed E-state index contributed by atoms with van der Waals surface area (Å²) < 4.78 is 49.1. The molecule has 0 aliphatic carbocycles. The number of nitrogens with two attached hydrogens (primary N) is 1. The number of hydrogen-bond acceptors (Lipinski definition) is 7. The molecule has 0 bridgehead atoms. The number of halogens is 3. The zero-order valence-corrected chi connectivity index (χ0v) is 19.9. The van der Waals surface area contributed by atoms with E-state index in [1.807, 2.05) is 6.19 Å². The van der Waals surface area contributed by atoms with Crippen molar-refractivity contribution in [2.24, 2.45) is 12.0 Å². The first kappa shape index (κ1) is 23.8. The Kier molecular flexibility index (Phi) is 5.55. The molecule has 0 radical (unpaired) electrons. The number of imidazole rings is 1. The zero-order valence-electron chi connectivity index (χ0n) is 19.9. The molecule has 0 spiro atoms. The highest BCUT2D eigenvalue weighted by atomic mass is 19.4. The Bertz CT molecular complexity index is 1810. The number of aryl methyl sites for hydroxylation is 2. The van der Waals surface area contributed by atoms with Gasteiger partial charge in [-0.2, -0.15) is 18.4 Å². The maximum atomic E-state index is 13.5. The molecule has 186 valence electrons. The molecule has 12 heteroatoms. The molecule has 0 aliphatic heterocycles. The van der Waals surface area contributed by atoms with Crippen LogP contribution in [0.5, 0.6) is 5.88 Å². The molecule has 2 N–H and O–H groups in total. The molecule has 0 saturated carbocycles. The highest BCUT2D eigenvalue weighted by Gasteiger charge is 2.34. The minimum Gasteiger partial charge on any atom is -0.481 e. The number of benzene rings is 1. The van der Waals surface area contributed by atoms with Crippen LogP contribution in [-0.4, -0.2) is 31.2 Å². The first-order valence-electron chi connectivity index (χ1n) is 10.9. The van der Waals surface area contributed by atoms with Crippen LogP contribution >= 0.6 is 0 Å². The van der Waals surface area contributed by atoms with Gasteiger partial charge >= 0.3 is 6.18 Å². The van der Waals surface area contributed by atoms with Crippen LogP contribution in [-0.2, 0) is 13.2 Å². The Morgan fingerprint density at radius 2 is 1.86 bits per heavy atom. The van der Waals surface area contributed by atoms with Gasteiger partial charge < -0.3 is 15.0 Å². The van der Waals surface area contributed by atoms with E-state index in [4.69, 9.17) is 10.5 Å². The van der Waals surface area contributed by atoms with Crippen molar-refractivity contribution in [2.45, 2.75) is 13.1 Å². The molecule has 5 rings (SSSR count). The third-order valence-corrected chi connectivity index (χ3v) is 6.09. The van der Waals surface area contributed by atoms with Gasteiger partial charge in [0.05, 0.1) is 46.8 Å². The number of hydrogen-bond donors (Lipinski definition) is 1. The topological polar surface area (TPSA) is 120 Å². The van der Waals surface area contributed by atoms with E-state index in [0.29, 0.717) is 50.4 Å². The van der Waals surface area contributed by atoms with Gasteiger partial charge in [0, 0.05) is 30.3 Å². The number of fused-ring (bicyclic) bond motifs is 3. The molecular weight excluding hydrogens is 485 g/mol. The van der Waals surface area contributed by atoms with Crippen LogP contribution in [0.1, 0.15) is 11.3 Å². The van der Waals surface area contributed by atoms with Crippen LogP contribution in [0.3, 0.4) is 0 Å². The fourth-order valence-electron chi connectivity index (χ4n) is 4.32. The number of pyridine rings is 3. The van der Waals surface area contributed by atoms with E-state index < -0.39 is 17.6 Å². The summed E-state index contributed by atoms with van der Waals surface area (Å²) in [6.07, 6.45) is 0.149. The van der Waals surface area contributed by atoms with Crippen LogP contribution in [0.15, 0.2) is 53.8 Å². The van der Waals surface area contributed by atoms with Crippen molar-refractivity contribution in [3.8, 4) is 28.9 Å². The van der Waals surface area contributed by atoms with Gasteiger partial charge in [-0.15, -0.1) is 4.99 Å². The zero-order chi connectivity index (χ0) is 26.5. The number of anilines is 1. The normalized spacial score (nSPS) is 12.3. The molecule has 0 atom stereocenters. The molecule has 0 aliphatic rings. The number of nitriles is 1. The predicted octanol–water partition coefficient (Wildman–Crippen LogP) is 4.27. The number of nitrogens with zero attached hydrogens (tertiary/aromatic N) is 7. The van der Waals surface area contributed by atoms with Gasteiger partial charge in [-0.25, -0.2) is 9.97 Å². The average Bonchev–Trinajstić information content (AvgIpc) is 3.15. The summed E-state index contributed by atoms with van der Waals surface area (Å²) in [6.45, 7) is 1.80. The second-order valence-corrected chi connectivity index (χ2v) is 8.24. The van der Waals surface area contributed by atoms with E-state index >= 15 is 0 Å². The Morgan fingerprint density at radius 1 is 1.08 bits per heavy atom. The summed E-state index contributed by atoms with van der Waals surface area (Å²) in [5.74, 6) is -0.168. The lowest BCUT2D eigenvalue weighted by atomic mass is 10.0. The van der Waals surface area contributed by atoms with Gasteiger partial charge in [0.1, 0.15) is 5.82 Å². The number of rotatable bonds is 3. The van der Waals surface area contributed by atoms with E-state index in [1.165, 1.54) is 13.3 Å². The van der Waals surface area contributed by atoms with Crippen molar-refractivity contribution in [2.75, 3.05) is 12.8 Å². The average molecular weight is 504 g/mol. The van der Waals surface area contributed by atoms with Gasteiger partial charge in [-0.1, -0.05) is 6.07 Å². The number of methoxy groups -OCH3 is 1. The Labute approximate surface area is 207 Å². The first-order valence-corrected chi connectivity index (χ1v) is 10.9. The van der Waals surface area contributed by atoms with Gasteiger partial charge in [-0.05, 0) is 36.8 Å². The number of aromatic nitrogens is 5. The minimum absolute atomic E-state index is 0.243. The fraction of sp³-hybridized carbons (Fsp3) is 0.160. The molecule has 37 heavy (non-hydrogen) atoms. The van der Waals surface area contributed by atoms with E-state index in [1.54, 1.807) is 59.6 Å². The Morgan fingerprint density at radius 3 is 2.54 bits per heavy atom. The van der Waals surface area contributed by atoms with Crippen LogP contribution < -0.4 is 16.1 Å². The standard InChI is InChI=1S/C25H19F3N8O/c1-13-19(6-7-21(34-13)37-3)36-22-16-8-14(15-9-17(25(26,27)28)23(30)32-10-15)4-5-18(16)31-11-20(22)35(2)24(36)33-12-29/h4-11H,1-3H3,(H2,30,32)/b33-24-. The van der Waals surface area contributed by atoms with Crippen LogP contribution in [0.25, 0.3) is 38.8 Å². The van der Waals surface area contributed by atoms with Crippen molar-refractivity contribution < 1.29 is 17.9 Å². The summed E-state index contributed by atoms with van der Waals surface area (Å²) in [7, 11) is 3.26. The summed E-state index contributed by atoms with van der Waals surface area (Å²) >= 11 is 0. The minimum atomic E-state index is -4.65. The van der Waals surface area contributed by atoms with Gasteiger partial charge in [0.15, 0.2) is 0 Å². The van der Waals surface area contributed by atoms with E-state index in [9.17, 15) is 18.4 Å². The summed E-state index contributed by atoms with van der Waals surface area (Å²) in [5, 5.41) is 10.0. The van der Waals surface area contributed by atoms with Crippen molar-refractivity contribution in [1.82, 2.24) is 24.1 Å². The predicted molar refractivity (Wildman–Crippen MR) is 130 cm³/mol. The maximum absolute atomic E-state index is 13.5. The molecule has 5 aromatic rings. The highest BCUT2D eigenvalue weighted by molar-refractivity contribution is 6.04. The van der Waals surface area contributed by atoms with Gasteiger partial charge in [-0.3, -0.25) is 9.55 Å². The lowest BCUT2D eigenvalue weighted by molar-refractivity contribution is -0.137. The molecule has 0 fully saturated rings. The summed E-state index contributed by atoms with van der Waals surface area (Å²) in [5.41, 5.74) is 8.69. The molecule has 0 saturated heterocycles. The first-order chi connectivity index (χ1) is 17.6. The monoisotopic (exact) mass is 504 g/mol. The molecule has 0 amide bonds. The SMILES string of the molecule is COc1ccc(-n2/c(=N\C#N)n(C)c3cnc4ccc(-c5cnc(N)c(C(F)(F)F)c5)cc4c32)c(C)n1. The van der Waals surface area contributed by atoms with Crippen LogP contribution in [0.4, 0.5) is 19.0 Å².